The molecule has 2 aliphatic rings. The summed E-state index contributed by atoms with van der Waals surface area (Å²) in [4.78, 5) is 31.8. The van der Waals surface area contributed by atoms with Crippen molar-refractivity contribution in [2.24, 2.45) is 0 Å². The third-order valence-corrected chi connectivity index (χ3v) is 6.84. The Morgan fingerprint density at radius 1 is 1.00 bits per heavy atom. The highest BCUT2D eigenvalue weighted by Crippen LogP contribution is 2.33. The molecule has 188 valence electrons. The molecule has 35 heavy (non-hydrogen) atoms. The average molecular weight is 479 g/mol. The molecule has 2 aromatic rings. The van der Waals surface area contributed by atoms with Crippen LogP contribution in [0.4, 0.5) is 11.4 Å². The number of benzene rings is 2. The number of nitrogens with zero attached hydrogens (tertiary/aromatic N) is 3. The second kappa shape index (κ2) is 11.6. The van der Waals surface area contributed by atoms with Gasteiger partial charge in [0, 0.05) is 51.3 Å². The molecular formula is C28H38N4O3. The zero-order valence-corrected chi connectivity index (χ0v) is 21.3. The Labute approximate surface area is 209 Å². The first-order chi connectivity index (χ1) is 16.9. The summed E-state index contributed by atoms with van der Waals surface area (Å²) in [6, 6.07) is 14.2. The van der Waals surface area contributed by atoms with Gasteiger partial charge in [0.25, 0.3) is 0 Å². The van der Waals surface area contributed by atoms with Crippen LogP contribution in [0.15, 0.2) is 42.5 Å². The van der Waals surface area contributed by atoms with Crippen LogP contribution in [-0.2, 0) is 9.59 Å². The van der Waals surface area contributed by atoms with Crippen molar-refractivity contribution < 1.29 is 14.3 Å². The van der Waals surface area contributed by atoms with Gasteiger partial charge >= 0.3 is 0 Å². The molecule has 2 aliphatic heterocycles. The summed E-state index contributed by atoms with van der Waals surface area (Å²) in [5.41, 5.74) is 4.77. The van der Waals surface area contributed by atoms with E-state index in [1.807, 2.05) is 31.2 Å². The lowest BCUT2D eigenvalue weighted by Crippen LogP contribution is -2.47. The normalized spacial score (nSPS) is 18.1. The molecule has 2 amide bonds. The molecule has 1 fully saturated rings. The van der Waals surface area contributed by atoms with Crippen molar-refractivity contribution in [2.45, 2.75) is 46.1 Å². The largest absolute Gasteiger partial charge is 0.487 e. The van der Waals surface area contributed by atoms with Gasteiger partial charge in [-0.3, -0.25) is 14.5 Å². The van der Waals surface area contributed by atoms with Crippen LogP contribution < -0.4 is 19.9 Å². The van der Waals surface area contributed by atoms with E-state index in [0.717, 1.165) is 50.6 Å². The summed E-state index contributed by atoms with van der Waals surface area (Å²) in [5, 5.41) is 2.99. The summed E-state index contributed by atoms with van der Waals surface area (Å²) < 4.78 is 5.81. The number of anilines is 2. The third-order valence-electron chi connectivity index (χ3n) is 6.84. The monoisotopic (exact) mass is 478 g/mol. The first kappa shape index (κ1) is 25.0. The van der Waals surface area contributed by atoms with E-state index in [4.69, 9.17) is 4.74 Å². The number of para-hydroxylation sites is 2. The molecule has 1 atom stereocenters. The molecule has 7 heteroatoms. The summed E-state index contributed by atoms with van der Waals surface area (Å²) in [6.07, 6.45) is 1.26. The summed E-state index contributed by atoms with van der Waals surface area (Å²) in [5.74, 6) is 0.621. The fourth-order valence-corrected chi connectivity index (χ4v) is 4.87. The molecule has 0 bridgehead atoms. The molecule has 4 rings (SSSR count). The SMILES string of the molecule is Cc1ccc(C)c(N2CCN(CCCNC(=O)CCC(=O)N3CC(C)Oc4ccccc43)CC2)c1. The minimum atomic E-state index is -0.0645. The second-order valence-corrected chi connectivity index (χ2v) is 9.72. The maximum Gasteiger partial charge on any atom is 0.227 e. The fourth-order valence-electron chi connectivity index (χ4n) is 4.87. The van der Waals surface area contributed by atoms with Crippen molar-refractivity contribution in [1.82, 2.24) is 10.2 Å². The zero-order chi connectivity index (χ0) is 24.8. The quantitative estimate of drug-likeness (QED) is 0.588. The van der Waals surface area contributed by atoms with E-state index in [1.165, 1.54) is 16.8 Å². The van der Waals surface area contributed by atoms with Gasteiger partial charge in [0.1, 0.15) is 11.9 Å². The number of aryl methyl sites for hydroxylation is 2. The molecule has 0 spiro atoms. The average Bonchev–Trinajstić information content (AvgIpc) is 2.86. The highest BCUT2D eigenvalue weighted by Gasteiger charge is 2.27. The lowest BCUT2D eigenvalue weighted by atomic mass is 10.1. The number of rotatable bonds is 8. The number of piperazine rings is 1. The van der Waals surface area contributed by atoms with E-state index >= 15 is 0 Å². The van der Waals surface area contributed by atoms with Gasteiger partial charge in [0.2, 0.25) is 11.8 Å². The smallest absolute Gasteiger partial charge is 0.227 e. The number of nitrogens with one attached hydrogen (secondary N) is 1. The van der Waals surface area contributed by atoms with Crippen LogP contribution in [0.25, 0.3) is 0 Å². The number of amides is 2. The van der Waals surface area contributed by atoms with Crippen LogP contribution in [0.5, 0.6) is 5.75 Å². The van der Waals surface area contributed by atoms with Crippen LogP contribution >= 0.6 is 0 Å². The molecule has 1 N–H and O–H groups in total. The Morgan fingerprint density at radius 3 is 2.57 bits per heavy atom. The second-order valence-electron chi connectivity index (χ2n) is 9.72. The lowest BCUT2D eigenvalue weighted by Gasteiger charge is -2.37. The first-order valence-corrected chi connectivity index (χ1v) is 12.8. The van der Waals surface area contributed by atoms with Crippen LogP contribution in [0.1, 0.15) is 37.3 Å². The highest BCUT2D eigenvalue weighted by atomic mass is 16.5. The number of hydrogen-bond acceptors (Lipinski definition) is 5. The van der Waals surface area contributed by atoms with Crippen molar-refractivity contribution in [3.63, 3.8) is 0 Å². The Kier molecular flexibility index (Phi) is 8.29. The number of hydrogen-bond donors (Lipinski definition) is 1. The van der Waals surface area contributed by atoms with Gasteiger partial charge in [0.15, 0.2) is 0 Å². The summed E-state index contributed by atoms with van der Waals surface area (Å²) in [7, 11) is 0. The standard InChI is InChI=1S/C28H38N4O3/c1-21-9-10-22(2)25(19-21)31-17-15-30(16-18-31)14-6-13-29-27(33)11-12-28(34)32-20-23(3)35-26-8-5-4-7-24(26)32/h4-5,7-10,19,23H,6,11-18,20H2,1-3H3,(H,29,33). The molecule has 0 aromatic heterocycles. The van der Waals surface area contributed by atoms with Crippen molar-refractivity contribution >= 4 is 23.2 Å². The van der Waals surface area contributed by atoms with Crippen LogP contribution in [0.2, 0.25) is 0 Å². The van der Waals surface area contributed by atoms with Crippen LogP contribution in [-0.4, -0.2) is 68.6 Å². The van der Waals surface area contributed by atoms with Crippen molar-refractivity contribution in [1.29, 1.82) is 0 Å². The molecule has 0 aliphatic carbocycles. The summed E-state index contributed by atoms with van der Waals surface area (Å²) in [6.45, 7) is 12.5. The van der Waals surface area contributed by atoms with Crippen molar-refractivity contribution in [3.05, 3.63) is 53.6 Å². The van der Waals surface area contributed by atoms with Gasteiger partial charge in [-0.1, -0.05) is 24.3 Å². The number of carbonyl (C=O) groups excluding carboxylic acids is 2. The minimum absolute atomic E-state index is 0.0375. The first-order valence-electron chi connectivity index (χ1n) is 12.8. The van der Waals surface area contributed by atoms with E-state index in [-0.39, 0.29) is 30.8 Å². The predicted molar refractivity (Wildman–Crippen MR) is 140 cm³/mol. The van der Waals surface area contributed by atoms with Gasteiger partial charge in [-0.25, -0.2) is 0 Å². The van der Waals surface area contributed by atoms with Gasteiger partial charge in [0.05, 0.1) is 12.2 Å². The highest BCUT2D eigenvalue weighted by molar-refractivity contribution is 5.97. The Hall–Kier alpha value is -3.06. The van der Waals surface area contributed by atoms with Gasteiger partial charge < -0.3 is 19.9 Å². The van der Waals surface area contributed by atoms with E-state index in [1.54, 1.807) is 4.90 Å². The zero-order valence-electron chi connectivity index (χ0n) is 21.3. The molecule has 1 saturated heterocycles. The van der Waals surface area contributed by atoms with E-state index in [2.05, 4.69) is 47.2 Å². The lowest BCUT2D eigenvalue weighted by molar-refractivity contribution is -0.125. The maximum absolute atomic E-state index is 12.8. The fraction of sp³-hybridized carbons (Fsp3) is 0.500. The van der Waals surface area contributed by atoms with Gasteiger partial charge in [-0.15, -0.1) is 0 Å². The van der Waals surface area contributed by atoms with Crippen molar-refractivity contribution in [2.75, 3.05) is 55.6 Å². The molecule has 0 saturated carbocycles. The number of ether oxygens (including phenoxy) is 1. The Bertz CT molecular complexity index is 1030. The van der Waals surface area contributed by atoms with Crippen LogP contribution in [0.3, 0.4) is 0 Å². The predicted octanol–water partition coefficient (Wildman–Crippen LogP) is 3.53. The minimum Gasteiger partial charge on any atom is -0.487 e. The van der Waals surface area contributed by atoms with E-state index < -0.39 is 0 Å². The maximum atomic E-state index is 12.8. The number of carbonyl (C=O) groups is 2. The van der Waals surface area contributed by atoms with Crippen molar-refractivity contribution in [3.8, 4) is 5.75 Å². The number of fused-ring (bicyclic) bond motifs is 1. The molecule has 0 radical (unpaired) electrons. The molecule has 2 heterocycles. The Morgan fingerprint density at radius 2 is 1.77 bits per heavy atom. The van der Waals surface area contributed by atoms with Gasteiger partial charge in [-0.05, 0) is 63.1 Å². The molecule has 7 nitrogen and oxygen atoms in total. The van der Waals surface area contributed by atoms with Crippen LogP contribution in [0, 0.1) is 13.8 Å². The van der Waals surface area contributed by atoms with E-state index in [0.29, 0.717) is 13.1 Å². The molecule has 2 aromatic carbocycles. The molecular weight excluding hydrogens is 440 g/mol. The topological polar surface area (TPSA) is 65.1 Å². The third kappa shape index (κ3) is 6.54. The Balaban J connectivity index is 1.13. The summed E-state index contributed by atoms with van der Waals surface area (Å²) >= 11 is 0. The van der Waals surface area contributed by atoms with E-state index in [9.17, 15) is 9.59 Å². The van der Waals surface area contributed by atoms with Gasteiger partial charge in [-0.2, -0.15) is 0 Å². The molecule has 1 unspecified atom stereocenters.